The number of nitrogen functional groups attached to an aromatic ring is 1. The molecule has 12 heavy (non-hydrogen) atoms. The summed E-state index contributed by atoms with van der Waals surface area (Å²) in [6.45, 7) is 5.24. The van der Waals surface area contributed by atoms with E-state index >= 15 is 0 Å². The third kappa shape index (κ3) is 2.22. The minimum atomic E-state index is 0.501. The number of aromatic nitrogens is 3. The summed E-state index contributed by atoms with van der Waals surface area (Å²) < 4.78 is 0. The molecule has 0 aromatic carbocycles. The summed E-state index contributed by atoms with van der Waals surface area (Å²) in [5.74, 6) is 1.16. The lowest BCUT2D eigenvalue weighted by atomic mass is 10.0. The molecule has 0 spiro atoms. The zero-order chi connectivity index (χ0) is 8.97. The lowest BCUT2D eigenvalue weighted by molar-refractivity contribution is 0.368. The van der Waals surface area contributed by atoms with Gasteiger partial charge in [-0.1, -0.05) is 26.7 Å². The molecular formula is C8H16N4. The van der Waals surface area contributed by atoms with Gasteiger partial charge in [0, 0.05) is 0 Å². The summed E-state index contributed by atoms with van der Waals surface area (Å²) >= 11 is 0. The highest BCUT2D eigenvalue weighted by atomic mass is 15.5. The summed E-state index contributed by atoms with van der Waals surface area (Å²) in [4.78, 5) is 1.67. The largest absolute Gasteiger partial charge is 0.381 e. The summed E-state index contributed by atoms with van der Waals surface area (Å²) in [5.41, 5.74) is 5.44. The van der Waals surface area contributed by atoms with Crippen molar-refractivity contribution in [2.24, 2.45) is 5.92 Å². The Bertz CT molecular complexity index is 227. The molecule has 0 amide bonds. The van der Waals surface area contributed by atoms with Crippen LogP contribution in [0, 0.1) is 5.92 Å². The van der Waals surface area contributed by atoms with Crippen LogP contribution in [0.4, 0.5) is 5.82 Å². The zero-order valence-corrected chi connectivity index (χ0v) is 7.70. The van der Waals surface area contributed by atoms with Gasteiger partial charge in [-0.25, -0.2) is 0 Å². The third-order valence-corrected chi connectivity index (χ3v) is 2.13. The number of hydrogen-bond donors (Lipinski definition) is 1. The second-order valence-electron chi connectivity index (χ2n) is 3.01. The van der Waals surface area contributed by atoms with E-state index in [2.05, 4.69) is 24.0 Å². The third-order valence-electron chi connectivity index (χ3n) is 2.13. The van der Waals surface area contributed by atoms with Gasteiger partial charge in [0.2, 0.25) is 0 Å². The Kier molecular flexibility index (Phi) is 3.08. The molecule has 4 nitrogen and oxygen atoms in total. The lowest BCUT2D eigenvalue weighted by Gasteiger charge is -2.09. The molecule has 0 atom stereocenters. The summed E-state index contributed by atoms with van der Waals surface area (Å²) in [6.07, 6.45) is 3.91. The molecule has 0 bridgehead atoms. The predicted molar refractivity (Wildman–Crippen MR) is 48.5 cm³/mol. The molecule has 0 radical (unpaired) electrons. The van der Waals surface area contributed by atoms with Gasteiger partial charge >= 0.3 is 0 Å². The topological polar surface area (TPSA) is 56.7 Å². The van der Waals surface area contributed by atoms with Crippen LogP contribution in [-0.4, -0.2) is 15.0 Å². The van der Waals surface area contributed by atoms with Gasteiger partial charge in [0.05, 0.1) is 12.7 Å². The van der Waals surface area contributed by atoms with Gasteiger partial charge in [-0.05, 0) is 5.92 Å². The minimum absolute atomic E-state index is 0.501. The second kappa shape index (κ2) is 4.09. The molecule has 1 aromatic rings. The van der Waals surface area contributed by atoms with Crippen molar-refractivity contribution in [1.82, 2.24) is 15.0 Å². The highest BCUT2D eigenvalue weighted by Gasteiger charge is 2.05. The van der Waals surface area contributed by atoms with Crippen molar-refractivity contribution in [1.29, 1.82) is 0 Å². The van der Waals surface area contributed by atoms with Crippen LogP contribution >= 0.6 is 0 Å². The maximum Gasteiger partial charge on any atom is 0.165 e. The summed E-state index contributed by atoms with van der Waals surface area (Å²) in [5, 5.41) is 8.06. The fourth-order valence-electron chi connectivity index (χ4n) is 1.18. The van der Waals surface area contributed by atoms with Gasteiger partial charge < -0.3 is 5.73 Å². The Morgan fingerprint density at radius 3 is 2.58 bits per heavy atom. The second-order valence-corrected chi connectivity index (χ2v) is 3.01. The van der Waals surface area contributed by atoms with Gasteiger partial charge in [-0.2, -0.15) is 9.90 Å². The molecule has 2 N–H and O–H groups in total. The maximum absolute atomic E-state index is 5.44. The van der Waals surface area contributed by atoms with Crippen LogP contribution in [0.5, 0.6) is 0 Å². The molecule has 4 heteroatoms. The molecule has 0 aliphatic heterocycles. The van der Waals surface area contributed by atoms with E-state index < -0.39 is 0 Å². The quantitative estimate of drug-likeness (QED) is 0.737. The molecule has 0 fully saturated rings. The van der Waals surface area contributed by atoms with E-state index in [1.807, 2.05) is 0 Å². The molecule has 1 heterocycles. The first kappa shape index (κ1) is 9.03. The Morgan fingerprint density at radius 1 is 1.50 bits per heavy atom. The molecule has 0 saturated heterocycles. The van der Waals surface area contributed by atoms with Gasteiger partial charge in [0.1, 0.15) is 0 Å². The normalized spacial score (nSPS) is 10.9. The van der Waals surface area contributed by atoms with Crippen molar-refractivity contribution < 1.29 is 0 Å². The van der Waals surface area contributed by atoms with E-state index in [1.165, 1.54) is 0 Å². The minimum Gasteiger partial charge on any atom is -0.381 e. The van der Waals surface area contributed by atoms with Crippen LogP contribution in [0.1, 0.15) is 26.7 Å². The summed E-state index contributed by atoms with van der Waals surface area (Å²) in [6, 6.07) is 0. The van der Waals surface area contributed by atoms with E-state index in [0.29, 0.717) is 11.7 Å². The van der Waals surface area contributed by atoms with Crippen LogP contribution in [0.3, 0.4) is 0 Å². The van der Waals surface area contributed by atoms with E-state index in [9.17, 15) is 0 Å². The number of nitrogens with two attached hydrogens (primary N) is 1. The molecular weight excluding hydrogens is 152 g/mol. The Hall–Kier alpha value is -1.06. The van der Waals surface area contributed by atoms with Crippen molar-refractivity contribution >= 4 is 5.82 Å². The van der Waals surface area contributed by atoms with Crippen LogP contribution in [0.2, 0.25) is 0 Å². The predicted octanol–water partition coefficient (Wildman–Crippen LogP) is 1.30. The zero-order valence-electron chi connectivity index (χ0n) is 7.70. The number of nitrogens with zero attached hydrogens (tertiary/aromatic N) is 3. The van der Waals surface area contributed by atoms with Crippen LogP contribution in [-0.2, 0) is 6.54 Å². The first-order valence-corrected chi connectivity index (χ1v) is 4.41. The van der Waals surface area contributed by atoms with Gasteiger partial charge in [0.25, 0.3) is 0 Å². The van der Waals surface area contributed by atoms with Crippen molar-refractivity contribution in [2.75, 3.05) is 5.73 Å². The van der Waals surface area contributed by atoms with Gasteiger partial charge in [-0.15, -0.1) is 5.10 Å². The maximum atomic E-state index is 5.44. The van der Waals surface area contributed by atoms with E-state index in [-0.39, 0.29) is 0 Å². The van der Waals surface area contributed by atoms with Crippen LogP contribution in [0.15, 0.2) is 6.20 Å². The molecule has 0 unspecified atom stereocenters. The molecule has 0 aliphatic carbocycles. The molecule has 68 valence electrons. The lowest BCUT2D eigenvalue weighted by Crippen LogP contribution is -2.11. The monoisotopic (exact) mass is 168 g/mol. The van der Waals surface area contributed by atoms with E-state index in [1.54, 1.807) is 11.0 Å². The molecule has 0 saturated carbocycles. The van der Waals surface area contributed by atoms with Gasteiger partial charge in [-0.3, -0.25) is 0 Å². The van der Waals surface area contributed by atoms with Gasteiger partial charge in [0.15, 0.2) is 5.82 Å². The number of hydrogen-bond acceptors (Lipinski definition) is 3. The van der Waals surface area contributed by atoms with Crippen molar-refractivity contribution in [3.63, 3.8) is 0 Å². The van der Waals surface area contributed by atoms with Crippen molar-refractivity contribution in [2.45, 2.75) is 33.2 Å². The highest BCUT2D eigenvalue weighted by molar-refractivity contribution is 5.19. The van der Waals surface area contributed by atoms with Crippen LogP contribution in [0.25, 0.3) is 0 Å². The van der Waals surface area contributed by atoms with Crippen molar-refractivity contribution in [3.8, 4) is 0 Å². The highest BCUT2D eigenvalue weighted by Crippen LogP contribution is 2.09. The standard InChI is InChI=1S/C8H16N4/c1-3-7(4-2)6-12-10-5-8(9)11-12/h5,7H,3-4,6H2,1-2H3,(H2,9,11). The average Bonchev–Trinajstić information content (AvgIpc) is 2.47. The fourth-order valence-corrected chi connectivity index (χ4v) is 1.18. The smallest absolute Gasteiger partial charge is 0.165 e. The number of anilines is 1. The first-order valence-electron chi connectivity index (χ1n) is 4.41. The fraction of sp³-hybridized carbons (Fsp3) is 0.750. The molecule has 1 rings (SSSR count). The first-order chi connectivity index (χ1) is 5.76. The Morgan fingerprint density at radius 2 is 2.17 bits per heavy atom. The number of rotatable bonds is 4. The van der Waals surface area contributed by atoms with E-state index in [4.69, 9.17) is 5.73 Å². The molecule has 0 aliphatic rings. The SMILES string of the molecule is CCC(CC)Cn1ncc(N)n1. The van der Waals surface area contributed by atoms with Crippen LogP contribution < -0.4 is 5.73 Å². The van der Waals surface area contributed by atoms with Crippen molar-refractivity contribution in [3.05, 3.63) is 6.20 Å². The van der Waals surface area contributed by atoms with E-state index in [0.717, 1.165) is 19.4 Å². The molecule has 1 aromatic heterocycles. The Labute approximate surface area is 72.8 Å². The Balaban J connectivity index is 2.50. The average molecular weight is 168 g/mol. The summed E-state index contributed by atoms with van der Waals surface area (Å²) in [7, 11) is 0.